The van der Waals surface area contributed by atoms with Gasteiger partial charge in [0.25, 0.3) is 0 Å². The highest BCUT2D eigenvalue weighted by Crippen LogP contribution is 2.15. The highest BCUT2D eigenvalue weighted by Gasteiger charge is 2.19. The van der Waals surface area contributed by atoms with Crippen LogP contribution < -0.4 is 5.32 Å². The molecule has 1 N–H and O–H groups in total. The molecule has 0 unspecified atom stereocenters. The third kappa shape index (κ3) is 5.11. The average Bonchev–Trinajstić information content (AvgIpc) is 2.58. The lowest BCUT2D eigenvalue weighted by molar-refractivity contribution is 0.423. The average molecular weight is 315 g/mol. The molecule has 0 spiro atoms. The van der Waals surface area contributed by atoms with Crippen molar-refractivity contribution in [1.82, 2.24) is 15.1 Å². The Hall–Kier alpha value is -0.880. The minimum absolute atomic E-state index is 0.0436. The Morgan fingerprint density at radius 1 is 1.24 bits per heavy atom. The van der Waals surface area contributed by atoms with Gasteiger partial charge in [0.1, 0.15) is 0 Å². The maximum absolute atomic E-state index is 11.9. The Morgan fingerprint density at radius 2 is 1.81 bits per heavy atom. The molecule has 1 aromatic heterocycles. The number of rotatable bonds is 6. The molecule has 0 amide bonds. The molecular formula is C15H29N3O2S. The van der Waals surface area contributed by atoms with Crippen LogP contribution in [-0.2, 0) is 22.9 Å². The summed E-state index contributed by atoms with van der Waals surface area (Å²) in [7, 11) is -3.03. The van der Waals surface area contributed by atoms with Gasteiger partial charge in [0, 0.05) is 23.3 Å². The molecule has 0 bridgehead atoms. The van der Waals surface area contributed by atoms with E-state index in [4.69, 9.17) is 0 Å². The normalized spacial score (nSPS) is 13.1. The van der Waals surface area contributed by atoms with E-state index < -0.39 is 9.84 Å². The van der Waals surface area contributed by atoms with Crippen molar-refractivity contribution in [3.63, 3.8) is 0 Å². The molecule has 6 heteroatoms. The molecule has 1 aromatic rings. The van der Waals surface area contributed by atoms with E-state index >= 15 is 0 Å². The smallest absolute Gasteiger partial charge is 0.154 e. The first-order valence-electron chi connectivity index (χ1n) is 7.43. The molecule has 0 aliphatic rings. The van der Waals surface area contributed by atoms with E-state index in [9.17, 15) is 8.42 Å². The molecule has 0 radical (unpaired) electrons. The van der Waals surface area contributed by atoms with Gasteiger partial charge in [-0.3, -0.25) is 4.68 Å². The monoisotopic (exact) mass is 315 g/mol. The number of sulfone groups is 1. The summed E-state index contributed by atoms with van der Waals surface area (Å²) in [5, 5.41) is 7.60. The fourth-order valence-corrected chi connectivity index (χ4v) is 2.91. The Bertz CT molecular complexity index is 581. The van der Waals surface area contributed by atoms with Crippen molar-refractivity contribution in [2.24, 2.45) is 0 Å². The predicted molar refractivity (Wildman–Crippen MR) is 87.2 cm³/mol. The van der Waals surface area contributed by atoms with E-state index in [0.29, 0.717) is 6.54 Å². The Kier molecular flexibility index (Phi) is 5.61. The number of nitrogens with zero attached hydrogens (tertiary/aromatic N) is 2. The molecule has 1 rings (SSSR count). The maximum atomic E-state index is 11.9. The fourth-order valence-electron chi connectivity index (χ4n) is 2.01. The van der Waals surface area contributed by atoms with Crippen molar-refractivity contribution in [2.45, 2.75) is 72.3 Å². The van der Waals surface area contributed by atoms with Gasteiger partial charge in [-0.05, 0) is 48.5 Å². The molecule has 0 atom stereocenters. The van der Waals surface area contributed by atoms with E-state index in [1.54, 1.807) is 13.8 Å². The van der Waals surface area contributed by atoms with Gasteiger partial charge in [-0.2, -0.15) is 5.10 Å². The first-order valence-corrected chi connectivity index (χ1v) is 9.15. The highest BCUT2D eigenvalue weighted by molar-refractivity contribution is 7.91. The predicted octanol–water partition coefficient (Wildman–Crippen LogP) is 2.21. The number of hydrogen-bond donors (Lipinski definition) is 1. The minimum atomic E-state index is -3.03. The summed E-state index contributed by atoms with van der Waals surface area (Å²) in [5.74, 6) is 0.138. The molecule has 1 heterocycles. The van der Waals surface area contributed by atoms with Gasteiger partial charge in [-0.25, -0.2) is 8.42 Å². The van der Waals surface area contributed by atoms with Crippen LogP contribution in [0.15, 0.2) is 0 Å². The molecule has 0 saturated carbocycles. The van der Waals surface area contributed by atoms with Crippen molar-refractivity contribution in [3.05, 3.63) is 17.0 Å². The lowest BCUT2D eigenvalue weighted by atomic mass is 10.1. The van der Waals surface area contributed by atoms with Crippen LogP contribution in [0.2, 0.25) is 0 Å². The van der Waals surface area contributed by atoms with Crippen LogP contribution in [0.25, 0.3) is 0 Å². The zero-order valence-corrected chi connectivity index (χ0v) is 15.1. The molecule has 0 fully saturated rings. The van der Waals surface area contributed by atoms with Crippen molar-refractivity contribution in [1.29, 1.82) is 0 Å². The third-order valence-corrected chi connectivity index (χ3v) is 5.82. The maximum Gasteiger partial charge on any atom is 0.154 e. The van der Waals surface area contributed by atoms with Crippen molar-refractivity contribution >= 4 is 9.84 Å². The lowest BCUT2D eigenvalue weighted by Gasteiger charge is -2.20. The van der Waals surface area contributed by atoms with Crippen LogP contribution in [0.4, 0.5) is 0 Å². The van der Waals surface area contributed by atoms with Crippen molar-refractivity contribution in [3.8, 4) is 0 Å². The standard InChI is InChI=1S/C15H29N3O2S/c1-11(2)21(19,20)9-8-18-13(4)14(12(3)17-18)10-16-15(5,6)7/h11,16H,8-10H2,1-7H3. The Balaban J connectivity index is 2.83. The molecule has 0 saturated heterocycles. The van der Waals surface area contributed by atoms with Crippen LogP contribution in [0.3, 0.4) is 0 Å². The lowest BCUT2D eigenvalue weighted by Crippen LogP contribution is -2.35. The van der Waals surface area contributed by atoms with Crippen LogP contribution in [0, 0.1) is 13.8 Å². The second kappa shape index (κ2) is 6.48. The number of nitrogens with one attached hydrogen (secondary N) is 1. The molecule has 5 nitrogen and oxygen atoms in total. The first kappa shape index (κ1) is 18.2. The Labute approximate surface area is 129 Å². The summed E-state index contributed by atoms with van der Waals surface area (Å²) < 4.78 is 25.6. The second-order valence-electron chi connectivity index (χ2n) is 6.89. The van der Waals surface area contributed by atoms with Gasteiger partial charge in [0.05, 0.1) is 23.2 Å². The SMILES string of the molecule is Cc1nn(CCS(=O)(=O)C(C)C)c(C)c1CNC(C)(C)C. The quantitative estimate of drug-likeness (QED) is 0.874. The molecule has 21 heavy (non-hydrogen) atoms. The van der Waals surface area contributed by atoms with E-state index in [1.165, 1.54) is 0 Å². The topological polar surface area (TPSA) is 64.0 Å². The van der Waals surface area contributed by atoms with Crippen molar-refractivity contribution < 1.29 is 8.42 Å². The molecule has 0 aromatic carbocycles. The number of aryl methyl sites for hydroxylation is 2. The zero-order chi connectivity index (χ0) is 16.4. The van der Waals surface area contributed by atoms with Gasteiger partial charge >= 0.3 is 0 Å². The van der Waals surface area contributed by atoms with Gasteiger partial charge in [-0.15, -0.1) is 0 Å². The van der Waals surface area contributed by atoms with Gasteiger partial charge in [0.15, 0.2) is 9.84 Å². The fraction of sp³-hybridized carbons (Fsp3) is 0.800. The van der Waals surface area contributed by atoms with Crippen LogP contribution in [0.1, 0.15) is 51.6 Å². The first-order chi connectivity index (χ1) is 9.44. The summed E-state index contributed by atoms with van der Waals surface area (Å²) in [6.07, 6.45) is 0. The highest BCUT2D eigenvalue weighted by atomic mass is 32.2. The van der Waals surface area contributed by atoms with Gasteiger partial charge < -0.3 is 5.32 Å². The Morgan fingerprint density at radius 3 is 2.29 bits per heavy atom. The summed E-state index contributed by atoms with van der Waals surface area (Å²) in [6, 6.07) is 0. The van der Waals surface area contributed by atoms with Crippen LogP contribution >= 0.6 is 0 Å². The molecule has 0 aliphatic heterocycles. The van der Waals surface area contributed by atoms with E-state index in [1.807, 2.05) is 18.5 Å². The van der Waals surface area contributed by atoms with Gasteiger partial charge in [-0.1, -0.05) is 0 Å². The molecular weight excluding hydrogens is 286 g/mol. The largest absolute Gasteiger partial charge is 0.308 e. The summed E-state index contributed by atoms with van der Waals surface area (Å²) >= 11 is 0. The summed E-state index contributed by atoms with van der Waals surface area (Å²) in [6.45, 7) is 14.9. The van der Waals surface area contributed by atoms with E-state index in [0.717, 1.165) is 23.5 Å². The van der Waals surface area contributed by atoms with Crippen LogP contribution in [-0.4, -0.2) is 34.7 Å². The van der Waals surface area contributed by atoms with Crippen molar-refractivity contribution in [2.75, 3.05) is 5.75 Å². The van der Waals surface area contributed by atoms with E-state index in [-0.39, 0.29) is 16.5 Å². The zero-order valence-electron chi connectivity index (χ0n) is 14.3. The second-order valence-corrected chi connectivity index (χ2v) is 9.57. The minimum Gasteiger partial charge on any atom is -0.308 e. The number of aromatic nitrogens is 2. The third-order valence-electron chi connectivity index (χ3n) is 3.63. The molecule has 0 aliphatic carbocycles. The van der Waals surface area contributed by atoms with Gasteiger partial charge in [0.2, 0.25) is 0 Å². The van der Waals surface area contributed by atoms with Crippen LogP contribution in [0.5, 0.6) is 0 Å². The number of hydrogen-bond acceptors (Lipinski definition) is 4. The molecule has 122 valence electrons. The summed E-state index contributed by atoms with van der Waals surface area (Å²) in [5.41, 5.74) is 3.21. The summed E-state index contributed by atoms with van der Waals surface area (Å²) in [4.78, 5) is 0. The van der Waals surface area contributed by atoms with E-state index in [2.05, 4.69) is 31.2 Å².